The summed E-state index contributed by atoms with van der Waals surface area (Å²) >= 11 is 0. The number of carbonyl (C=O) groups is 1. The lowest BCUT2D eigenvalue weighted by Gasteiger charge is -2.19. The van der Waals surface area contributed by atoms with Crippen LogP contribution in [0.4, 0.5) is 0 Å². The summed E-state index contributed by atoms with van der Waals surface area (Å²) in [7, 11) is 0. The molecule has 196 valence electrons. The average Bonchev–Trinajstić information content (AvgIpc) is 2.96. The topological polar surface area (TPSA) is 59.3 Å². The van der Waals surface area contributed by atoms with Crippen LogP contribution in [0, 0.1) is 17.2 Å². The summed E-state index contributed by atoms with van der Waals surface area (Å²) < 4.78 is 0. The van der Waals surface area contributed by atoms with Gasteiger partial charge in [0.1, 0.15) is 6.10 Å². The molecule has 0 aliphatic heterocycles. The molecule has 37 heavy (non-hydrogen) atoms. The standard InChI is InChI=1S/C17H20.C16H21NO3/c1-2-3-5-8-15-11-13-17(14-12-15)16-9-6-4-7-10-16;1-3-5-11-15(13(4-2)12-17)19-20-16(18)14-9-7-6-8-10-14/h4,6-7,9-14H,2-3,5,8H2,1H3;6-10,13,15H,3-5,11H2,1-2H3. The number of rotatable bonds is 13. The lowest BCUT2D eigenvalue weighted by Crippen LogP contribution is -2.24. The van der Waals surface area contributed by atoms with Crippen molar-refractivity contribution < 1.29 is 14.6 Å². The third-order valence-electron chi connectivity index (χ3n) is 6.28. The van der Waals surface area contributed by atoms with Crippen LogP contribution < -0.4 is 0 Å². The molecule has 0 saturated carbocycles. The molecule has 0 fully saturated rings. The Balaban J connectivity index is 0.000000263. The van der Waals surface area contributed by atoms with Crippen LogP contribution in [0.3, 0.4) is 0 Å². The molecule has 4 nitrogen and oxygen atoms in total. The molecule has 3 rings (SSSR count). The first-order chi connectivity index (χ1) is 18.1. The van der Waals surface area contributed by atoms with Crippen molar-refractivity contribution in [2.45, 2.75) is 78.2 Å². The van der Waals surface area contributed by atoms with Crippen LogP contribution in [0.2, 0.25) is 0 Å². The molecule has 2 atom stereocenters. The number of benzene rings is 3. The Bertz CT molecular complexity index is 1040. The van der Waals surface area contributed by atoms with Crippen molar-refractivity contribution in [2.75, 3.05) is 0 Å². The van der Waals surface area contributed by atoms with E-state index in [0.717, 1.165) is 12.8 Å². The average molecular weight is 500 g/mol. The summed E-state index contributed by atoms with van der Waals surface area (Å²) in [5.74, 6) is -0.787. The predicted octanol–water partition coefficient (Wildman–Crippen LogP) is 8.97. The first-order valence-corrected chi connectivity index (χ1v) is 13.6. The molecule has 0 bridgehead atoms. The van der Waals surface area contributed by atoms with Gasteiger partial charge < -0.3 is 0 Å². The molecule has 3 aromatic carbocycles. The Kier molecular flexibility index (Phi) is 14.4. The van der Waals surface area contributed by atoms with Gasteiger partial charge in [-0.1, -0.05) is 119 Å². The fourth-order valence-electron chi connectivity index (χ4n) is 3.96. The number of aryl methyl sites for hydroxylation is 1. The highest BCUT2D eigenvalue weighted by atomic mass is 17.2. The van der Waals surface area contributed by atoms with Gasteiger partial charge in [0.25, 0.3) is 0 Å². The summed E-state index contributed by atoms with van der Waals surface area (Å²) in [6, 6.07) is 30.4. The summed E-state index contributed by atoms with van der Waals surface area (Å²) in [6.07, 6.45) is 8.11. The number of nitrogens with zero attached hydrogens (tertiary/aromatic N) is 1. The van der Waals surface area contributed by atoms with Crippen LogP contribution in [0.15, 0.2) is 84.9 Å². The molecule has 3 aromatic rings. The van der Waals surface area contributed by atoms with E-state index in [0.29, 0.717) is 18.4 Å². The SMILES string of the molecule is CCCCC(OOC(=O)c1ccccc1)C(C#N)CC.CCCCCc1ccc(-c2ccccc2)cc1. The lowest BCUT2D eigenvalue weighted by molar-refractivity contribution is -0.283. The first-order valence-electron chi connectivity index (χ1n) is 13.6. The third kappa shape index (κ3) is 11.0. The van der Waals surface area contributed by atoms with Gasteiger partial charge >= 0.3 is 5.97 Å². The summed E-state index contributed by atoms with van der Waals surface area (Å²) in [5.41, 5.74) is 4.50. The molecule has 4 heteroatoms. The van der Waals surface area contributed by atoms with E-state index in [4.69, 9.17) is 15.0 Å². The van der Waals surface area contributed by atoms with E-state index < -0.39 is 5.97 Å². The normalized spacial score (nSPS) is 11.9. The van der Waals surface area contributed by atoms with E-state index in [2.05, 4.69) is 74.5 Å². The maximum atomic E-state index is 11.8. The van der Waals surface area contributed by atoms with Gasteiger partial charge in [-0.2, -0.15) is 10.1 Å². The molecule has 0 spiro atoms. The van der Waals surface area contributed by atoms with Gasteiger partial charge in [0, 0.05) is 0 Å². The molecule has 0 aliphatic rings. The fourth-order valence-corrected chi connectivity index (χ4v) is 3.96. The summed E-state index contributed by atoms with van der Waals surface area (Å²) in [6.45, 7) is 6.24. The van der Waals surface area contributed by atoms with Crippen molar-refractivity contribution in [3.8, 4) is 17.2 Å². The zero-order valence-electron chi connectivity index (χ0n) is 22.6. The highest BCUT2D eigenvalue weighted by molar-refractivity contribution is 5.88. The van der Waals surface area contributed by atoms with E-state index in [1.54, 1.807) is 24.3 Å². The molecule has 0 aromatic heterocycles. The second kappa shape index (κ2) is 17.9. The lowest BCUT2D eigenvalue weighted by atomic mass is 9.97. The Morgan fingerprint density at radius 3 is 1.95 bits per heavy atom. The maximum Gasteiger partial charge on any atom is 0.373 e. The van der Waals surface area contributed by atoms with Crippen molar-refractivity contribution >= 4 is 5.97 Å². The van der Waals surface area contributed by atoms with E-state index in [9.17, 15) is 4.79 Å². The number of nitriles is 1. The van der Waals surface area contributed by atoms with Crippen LogP contribution in [0.25, 0.3) is 11.1 Å². The van der Waals surface area contributed by atoms with E-state index >= 15 is 0 Å². The molecule has 2 unspecified atom stereocenters. The number of unbranched alkanes of at least 4 members (excludes halogenated alkanes) is 3. The van der Waals surface area contributed by atoms with Crippen LogP contribution >= 0.6 is 0 Å². The molecular formula is C33H41NO3. The number of hydrogen-bond acceptors (Lipinski definition) is 4. The smallest absolute Gasteiger partial charge is 0.292 e. The molecule has 0 heterocycles. The van der Waals surface area contributed by atoms with E-state index in [1.165, 1.54) is 42.4 Å². The number of carbonyl (C=O) groups excluding carboxylic acids is 1. The van der Waals surface area contributed by atoms with Crippen molar-refractivity contribution in [3.05, 3.63) is 96.1 Å². The van der Waals surface area contributed by atoms with Gasteiger partial charge in [-0.25, -0.2) is 4.79 Å². The van der Waals surface area contributed by atoms with Gasteiger partial charge in [-0.15, -0.1) is 0 Å². The van der Waals surface area contributed by atoms with Crippen LogP contribution in [0.5, 0.6) is 0 Å². The number of hydrogen-bond donors (Lipinski definition) is 0. The second-order valence-electron chi connectivity index (χ2n) is 9.18. The maximum absolute atomic E-state index is 11.8. The fraction of sp³-hybridized carbons (Fsp3) is 0.394. The third-order valence-corrected chi connectivity index (χ3v) is 6.28. The molecular weight excluding hydrogens is 458 g/mol. The van der Waals surface area contributed by atoms with Crippen LogP contribution in [-0.4, -0.2) is 12.1 Å². The van der Waals surface area contributed by atoms with Crippen molar-refractivity contribution in [1.29, 1.82) is 5.26 Å². The predicted molar refractivity (Wildman–Crippen MR) is 151 cm³/mol. The van der Waals surface area contributed by atoms with Crippen LogP contribution in [-0.2, 0) is 16.2 Å². The zero-order valence-corrected chi connectivity index (χ0v) is 22.6. The minimum Gasteiger partial charge on any atom is -0.292 e. The molecule has 0 amide bonds. The zero-order chi connectivity index (χ0) is 26.7. The quantitative estimate of drug-likeness (QED) is 0.134. The van der Waals surface area contributed by atoms with Gasteiger partial charge in [0.2, 0.25) is 0 Å². The Labute approximate surface area is 223 Å². The monoisotopic (exact) mass is 499 g/mol. The minimum atomic E-state index is -0.528. The van der Waals surface area contributed by atoms with Gasteiger partial charge in [0.05, 0.1) is 17.6 Å². The Hall–Kier alpha value is -3.42. The van der Waals surface area contributed by atoms with E-state index in [1.807, 2.05) is 13.0 Å². The van der Waals surface area contributed by atoms with Crippen LogP contribution in [0.1, 0.15) is 81.6 Å². The van der Waals surface area contributed by atoms with Gasteiger partial charge in [-0.3, -0.25) is 4.89 Å². The Morgan fingerprint density at radius 1 is 0.784 bits per heavy atom. The van der Waals surface area contributed by atoms with Crippen molar-refractivity contribution in [3.63, 3.8) is 0 Å². The van der Waals surface area contributed by atoms with Crippen molar-refractivity contribution in [1.82, 2.24) is 0 Å². The molecule has 0 aliphatic carbocycles. The molecule has 0 N–H and O–H groups in total. The summed E-state index contributed by atoms with van der Waals surface area (Å²) in [5, 5.41) is 9.11. The minimum absolute atomic E-state index is 0.259. The second-order valence-corrected chi connectivity index (χ2v) is 9.18. The van der Waals surface area contributed by atoms with E-state index in [-0.39, 0.29) is 12.0 Å². The van der Waals surface area contributed by atoms with Crippen molar-refractivity contribution in [2.24, 2.45) is 5.92 Å². The first kappa shape index (κ1) is 29.8. The highest BCUT2D eigenvalue weighted by Gasteiger charge is 2.23. The van der Waals surface area contributed by atoms with Gasteiger partial charge in [0.15, 0.2) is 0 Å². The van der Waals surface area contributed by atoms with Gasteiger partial charge in [-0.05, 0) is 54.5 Å². The molecule has 0 saturated heterocycles. The highest BCUT2D eigenvalue weighted by Crippen LogP contribution is 2.20. The summed E-state index contributed by atoms with van der Waals surface area (Å²) in [4.78, 5) is 21.9. The Morgan fingerprint density at radius 2 is 1.38 bits per heavy atom. The largest absolute Gasteiger partial charge is 0.373 e. The molecule has 0 radical (unpaired) electrons.